The molecule has 0 saturated carbocycles. The number of ether oxygens (including phenoxy) is 2. The molecule has 0 bridgehead atoms. The van der Waals surface area contributed by atoms with Gasteiger partial charge in [0.2, 0.25) is 0 Å². The van der Waals surface area contributed by atoms with Gasteiger partial charge in [0, 0.05) is 17.5 Å². The first kappa shape index (κ1) is 19.2. The lowest BCUT2D eigenvalue weighted by molar-refractivity contribution is 0.142. The third kappa shape index (κ3) is 4.78. The molecule has 0 saturated heterocycles. The Morgan fingerprint density at radius 1 is 1.26 bits per heavy atom. The molecule has 140 valence electrons. The van der Waals surface area contributed by atoms with Crippen molar-refractivity contribution in [2.24, 2.45) is 0 Å². The van der Waals surface area contributed by atoms with Crippen molar-refractivity contribution < 1.29 is 18.7 Å². The molecule has 3 rings (SSSR count). The Bertz CT molecular complexity index is 946. The summed E-state index contributed by atoms with van der Waals surface area (Å²) in [6, 6.07) is 14.1. The van der Waals surface area contributed by atoms with Gasteiger partial charge in [0.1, 0.15) is 23.2 Å². The highest BCUT2D eigenvalue weighted by atomic mass is 32.2. The van der Waals surface area contributed by atoms with E-state index >= 15 is 0 Å². The second kappa shape index (κ2) is 8.88. The van der Waals surface area contributed by atoms with Crippen LogP contribution in [0, 0.1) is 5.82 Å². The molecular formula is C19H17FN2O3S2. The minimum atomic E-state index is -0.542. The molecule has 1 heterocycles. The van der Waals surface area contributed by atoms with Crippen LogP contribution in [-0.2, 0) is 11.3 Å². The number of thiazole rings is 1. The maximum absolute atomic E-state index is 14.3. The Morgan fingerprint density at radius 2 is 2.07 bits per heavy atom. The predicted octanol–water partition coefficient (Wildman–Crippen LogP) is 4.97. The average Bonchev–Trinajstić information content (AvgIpc) is 3.09. The van der Waals surface area contributed by atoms with Crippen molar-refractivity contribution in [3.05, 3.63) is 59.4 Å². The summed E-state index contributed by atoms with van der Waals surface area (Å²) >= 11 is 2.82. The summed E-state index contributed by atoms with van der Waals surface area (Å²) in [5.41, 5.74) is 0.937. The molecule has 0 spiro atoms. The highest BCUT2D eigenvalue weighted by molar-refractivity contribution is 8.01. The first-order valence-corrected chi connectivity index (χ1v) is 9.65. The largest absolute Gasteiger partial charge is 0.497 e. The van der Waals surface area contributed by atoms with Crippen LogP contribution in [0.4, 0.5) is 9.18 Å². The van der Waals surface area contributed by atoms with Gasteiger partial charge in [-0.1, -0.05) is 30.0 Å². The molecule has 1 amide bonds. The number of hydrogen-bond acceptors (Lipinski definition) is 6. The maximum Gasteiger partial charge on any atom is 0.407 e. The zero-order valence-electron chi connectivity index (χ0n) is 14.7. The minimum Gasteiger partial charge on any atom is -0.497 e. The normalized spacial score (nSPS) is 10.5. The van der Waals surface area contributed by atoms with E-state index in [2.05, 4.69) is 10.3 Å². The number of alkyl carbamates (subject to hydrolysis) is 1. The monoisotopic (exact) mass is 404 g/mol. The van der Waals surface area contributed by atoms with Crippen molar-refractivity contribution in [3.63, 3.8) is 0 Å². The summed E-state index contributed by atoms with van der Waals surface area (Å²) in [5, 5.41) is 2.97. The average molecular weight is 404 g/mol. The van der Waals surface area contributed by atoms with Crippen LogP contribution in [0.15, 0.2) is 57.6 Å². The number of carbonyl (C=O) groups excluding carboxylic acids is 1. The zero-order chi connectivity index (χ0) is 19.2. The van der Waals surface area contributed by atoms with Crippen molar-refractivity contribution in [2.75, 3.05) is 14.2 Å². The highest BCUT2D eigenvalue weighted by Gasteiger charge is 2.18. The predicted molar refractivity (Wildman–Crippen MR) is 104 cm³/mol. The lowest BCUT2D eigenvalue weighted by Crippen LogP contribution is -2.18. The summed E-state index contributed by atoms with van der Waals surface area (Å²) in [7, 11) is 3.09. The Hall–Kier alpha value is -2.58. The molecule has 3 aromatic rings. The van der Waals surface area contributed by atoms with Crippen LogP contribution >= 0.6 is 23.1 Å². The van der Waals surface area contributed by atoms with Crippen LogP contribution in [0.3, 0.4) is 0 Å². The fraction of sp³-hybridized carbons (Fsp3) is 0.158. The Morgan fingerprint density at radius 3 is 2.81 bits per heavy atom. The Balaban J connectivity index is 1.95. The molecule has 0 fully saturated rings. The fourth-order valence-electron chi connectivity index (χ4n) is 2.27. The molecular weight excluding hydrogens is 387 g/mol. The van der Waals surface area contributed by atoms with Crippen LogP contribution in [0.5, 0.6) is 5.75 Å². The number of nitrogens with zero attached hydrogens (tertiary/aromatic N) is 1. The Labute approximate surface area is 164 Å². The molecule has 0 radical (unpaired) electrons. The van der Waals surface area contributed by atoms with Crippen LogP contribution < -0.4 is 10.1 Å². The molecule has 0 atom stereocenters. The number of amides is 1. The van der Waals surface area contributed by atoms with E-state index in [1.807, 2.05) is 24.3 Å². The molecule has 1 N–H and O–H groups in total. The number of aromatic nitrogens is 1. The second-order valence-electron chi connectivity index (χ2n) is 5.33. The third-order valence-corrected chi connectivity index (χ3v) is 5.74. The maximum atomic E-state index is 14.3. The number of rotatable bonds is 6. The summed E-state index contributed by atoms with van der Waals surface area (Å²) in [6.07, 6.45) is -0.542. The first-order chi connectivity index (χ1) is 13.1. The topological polar surface area (TPSA) is 60.5 Å². The van der Waals surface area contributed by atoms with Gasteiger partial charge in [-0.2, -0.15) is 0 Å². The smallest absolute Gasteiger partial charge is 0.407 e. The van der Waals surface area contributed by atoms with E-state index in [1.165, 1.54) is 36.2 Å². The van der Waals surface area contributed by atoms with Crippen molar-refractivity contribution in [2.45, 2.75) is 15.7 Å². The van der Waals surface area contributed by atoms with Gasteiger partial charge in [-0.05, 0) is 30.3 Å². The first-order valence-electron chi connectivity index (χ1n) is 8.01. The summed E-state index contributed by atoms with van der Waals surface area (Å²) in [4.78, 5) is 16.8. The minimum absolute atomic E-state index is 0.0183. The Kier molecular flexibility index (Phi) is 6.31. The lowest BCUT2D eigenvalue weighted by Gasteiger charge is -2.05. The van der Waals surface area contributed by atoms with Gasteiger partial charge in [0.05, 0.1) is 17.0 Å². The van der Waals surface area contributed by atoms with E-state index < -0.39 is 6.09 Å². The van der Waals surface area contributed by atoms with E-state index in [-0.39, 0.29) is 12.4 Å². The number of nitrogens with one attached hydrogen (secondary N) is 1. The van der Waals surface area contributed by atoms with Gasteiger partial charge in [-0.25, -0.2) is 14.2 Å². The van der Waals surface area contributed by atoms with Gasteiger partial charge in [0.15, 0.2) is 0 Å². The third-order valence-electron chi connectivity index (χ3n) is 3.55. The lowest BCUT2D eigenvalue weighted by atomic mass is 10.1. The fourth-order valence-corrected chi connectivity index (χ4v) is 4.53. The molecule has 27 heavy (non-hydrogen) atoms. The molecule has 0 aliphatic carbocycles. The van der Waals surface area contributed by atoms with Crippen LogP contribution in [0.1, 0.15) is 5.01 Å². The molecule has 8 heteroatoms. The number of halogens is 1. The van der Waals surface area contributed by atoms with Crippen molar-refractivity contribution in [1.29, 1.82) is 0 Å². The molecule has 5 nitrogen and oxygen atoms in total. The van der Waals surface area contributed by atoms with Crippen LogP contribution in [-0.4, -0.2) is 25.2 Å². The zero-order valence-corrected chi connectivity index (χ0v) is 16.3. The van der Waals surface area contributed by atoms with Crippen molar-refractivity contribution >= 4 is 29.2 Å². The highest BCUT2D eigenvalue weighted by Crippen LogP contribution is 2.41. The van der Waals surface area contributed by atoms with E-state index in [4.69, 9.17) is 9.47 Å². The molecule has 0 aliphatic heterocycles. The SMILES string of the molecule is CNC(=O)OCc1nc(-c2ccccc2F)c(Sc2cccc(OC)c2)s1. The van der Waals surface area contributed by atoms with Crippen LogP contribution in [0.25, 0.3) is 11.3 Å². The summed E-state index contributed by atoms with van der Waals surface area (Å²) in [6.45, 7) is 0.0183. The number of methoxy groups -OCH3 is 1. The van der Waals surface area contributed by atoms with Gasteiger partial charge >= 0.3 is 6.09 Å². The number of benzene rings is 2. The summed E-state index contributed by atoms with van der Waals surface area (Å²) < 4.78 is 25.5. The molecule has 0 unspecified atom stereocenters. The van der Waals surface area contributed by atoms with Crippen molar-refractivity contribution in [3.8, 4) is 17.0 Å². The van der Waals surface area contributed by atoms with Gasteiger partial charge in [-0.15, -0.1) is 11.3 Å². The second-order valence-corrected chi connectivity index (χ2v) is 7.76. The van der Waals surface area contributed by atoms with Crippen LogP contribution in [0.2, 0.25) is 0 Å². The van der Waals surface area contributed by atoms with Gasteiger partial charge in [-0.3, -0.25) is 0 Å². The number of carbonyl (C=O) groups is 1. The van der Waals surface area contributed by atoms with E-state index in [0.717, 1.165) is 14.9 Å². The quantitative estimate of drug-likeness (QED) is 0.629. The molecule has 2 aromatic carbocycles. The van der Waals surface area contributed by atoms with Gasteiger partial charge in [0.25, 0.3) is 0 Å². The van der Waals surface area contributed by atoms with E-state index in [1.54, 1.807) is 25.3 Å². The van der Waals surface area contributed by atoms with E-state index in [9.17, 15) is 9.18 Å². The number of hydrogen-bond donors (Lipinski definition) is 1. The molecule has 1 aromatic heterocycles. The molecule has 0 aliphatic rings. The van der Waals surface area contributed by atoms with Gasteiger partial charge < -0.3 is 14.8 Å². The summed E-state index contributed by atoms with van der Waals surface area (Å²) in [5.74, 6) is 0.384. The standard InChI is InChI=1S/C19H17FN2O3S2/c1-21-19(23)25-11-16-22-17(14-8-3-4-9-15(14)20)18(27-16)26-13-7-5-6-12(10-13)24-2/h3-10H,11H2,1-2H3,(H,21,23). The van der Waals surface area contributed by atoms with E-state index in [0.29, 0.717) is 16.3 Å². The van der Waals surface area contributed by atoms with Crippen molar-refractivity contribution in [1.82, 2.24) is 10.3 Å².